The fourth-order valence-corrected chi connectivity index (χ4v) is 9.13. The highest BCUT2D eigenvalue weighted by molar-refractivity contribution is 6.01. The highest BCUT2D eigenvalue weighted by Gasteiger charge is 2.79. The molecule has 2 N–H and O–H groups in total. The number of ketones is 2. The number of hydrogen-bond acceptors (Lipinski definition) is 6. The second-order valence-corrected chi connectivity index (χ2v) is 12.8. The third-order valence-corrected chi connectivity index (χ3v) is 10.9. The van der Waals surface area contributed by atoms with E-state index in [1.807, 2.05) is 0 Å². The lowest BCUT2D eigenvalue weighted by Crippen LogP contribution is -2.70. The summed E-state index contributed by atoms with van der Waals surface area (Å²) in [6.07, 6.45) is -5.16. The Hall–Kier alpha value is -2.54. The van der Waals surface area contributed by atoms with Gasteiger partial charge in [0.2, 0.25) is 0 Å². The Morgan fingerprint density at radius 2 is 1.90 bits per heavy atom. The van der Waals surface area contributed by atoms with E-state index < -0.39 is 87.9 Å². The van der Waals surface area contributed by atoms with Crippen LogP contribution in [-0.4, -0.2) is 63.5 Å². The van der Waals surface area contributed by atoms with Gasteiger partial charge in [0.15, 0.2) is 22.8 Å². The van der Waals surface area contributed by atoms with Gasteiger partial charge in [0.1, 0.15) is 18.6 Å². The van der Waals surface area contributed by atoms with E-state index in [4.69, 9.17) is 4.84 Å². The number of carbonyl (C=O) groups excluding carboxylic acids is 2. The average Bonchev–Trinajstić information content (AvgIpc) is 3.39. The Labute approximate surface area is 238 Å². The highest BCUT2D eigenvalue weighted by Crippen LogP contribution is 2.72. The van der Waals surface area contributed by atoms with Crippen LogP contribution in [0.5, 0.6) is 0 Å². The number of hydroxylamine groups is 2. The monoisotopic (exact) mass is 599 g/mol. The molecule has 0 radical (unpaired) electrons. The minimum Gasteiger partial charge on any atom is -0.390 e. The third kappa shape index (κ3) is 3.67. The van der Waals surface area contributed by atoms with Gasteiger partial charge in [0, 0.05) is 35.8 Å². The number of nitrogens with zero attached hydrogens (tertiary/aromatic N) is 1. The van der Waals surface area contributed by atoms with Crippen LogP contribution in [0.25, 0.3) is 0 Å². The number of Topliss-reactive ketones (excluding diaryl/α,β-unsaturated/α-hetero) is 1. The molecule has 1 aromatic carbocycles. The second kappa shape index (κ2) is 9.23. The predicted octanol–water partition coefficient (Wildman–Crippen LogP) is 4.44. The predicted molar refractivity (Wildman–Crippen MR) is 135 cm³/mol. The lowest BCUT2D eigenvalue weighted by Gasteiger charge is -2.63. The van der Waals surface area contributed by atoms with Crippen molar-refractivity contribution < 1.29 is 51.0 Å². The molecule has 1 heterocycles. The van der Waals surface area contributed by atoms with E-state index in [1.54, 1.807) is 6.92 Å². The van der Waals surface area contributed by atoms with Crippen LogP contribution in [0, 0.1) is 34.4 Å². The first-order valence-corrected chi connectivity index (χ1v) is 13.9. The van der Waals surface area contributed by atoms with Crippen LogP contribution in [0.1, 0.15) is 44.2 Å². The van der Waals surface area contributed by atoms with Crippen LogP contribution >= 0.6 is 0 Å². The van der Waals surface area contributed by atoms with Crippen molar-refractivity contribution in [1.29, 1.82) is 0 Å². The molecule has 3 saturated carbocycles. The second-order valence-electron chi connectivity index (χ2n) is 12.8. The third-order valence-electron chi connectivity index (χ3n) is 10.9. The number of carbonyl (C=O) groups is 2. The van der Waals surface area contributed by atoms with E-state index in [9.17, 15) is 37.4 Å². The zero-order valence-corrected chi connectivity index (χ0v) is 22.9. The van der Waals surface area contributed by atoms with Gasteiger partial charge >= 0.3 is 6.18 Å². The molecule has 5 aliphatic rings. The van der Waals surface area contributed by atoms with Crippen LogP contribution in [0.3, 0.4) is 0 Å². The molecule has 0 unspecified atom stereocenters. The Morgan fingerprint density at radius 1 is 1.19 bits per heavy atom. The first-order valence-electron chi connectivity index (χ1n) is 13.9. The van der Waals surface area contributed by atoms with Crippen LogP contribution in [0.15, 0.2) is 42.0 Å². The summed E-state index contributed by atoms with van der Waals surface area (Å²) in [5, 5.41) is 22.8. The molecule has 0 spiro atoms. The number of allylic oxidation sites excluding steroid dienone is 4. The summed E-state index contributed by atoms with van der Waals surface area (Å²) in [5.74, 6) is -5.02. The molecule has 4 aliphatic carbocycles. The fourth-order valence-electron chi connectivity index (χ4n) is 9.13. The van der Waals surface area contributed by atoms with Gasteiger partial charge in [-0.2, -0.15) is 18.2 Å². The smallest absolute Gasteiger partial charge is 0.390 e. The molecular weight excluding hydrogens is 568 g/mol. The summed E-state index contributed by atoms with van der Waals surface area (Å²) in [6, 6.07) is 2.54. The Bertz CT molecular complexity index is 1410. The number of aliphatic hydroxyl groups excluding tert-OH is 2. The van der Waals surface area contributed by atoms with E-state index in [-0.39, 0.29) is 43.5 Å². The minimum atomic E-state index is -4.92. The molecule has 0 bridgehead atoms. The summed E-state index contributed by atoms with van der Waals surface area (Å²) >= 11 is 0. The van der Waals surface area contributed by atoms with Crippen molar-refractivity contribution in [3.05, 3.63) is 58.9 Å². The van der Waals surface area contributed by atoms with Gasteiger partial charge in [0.25, 0.3) is 0 Å². The minimum absolute atomic E-state index is 0.0224. The van der Waals surface area contributed by atoms with E-state index in [2.05, 4.69) is 0 Å². The quantitative estimate of drug-likeness (QED) is 0.498. The largest absolute Gasteiger partial charge is 0.419 e. The van der Waals surface area contributed by atoms with Crippen molar-refractivity contribution in [2.75, 3.05) is 13.2 Å². The summed E-state index contributed by atoms with van der Waals surface area (Å²) in [6.45, 7) is 1.96. The summed E-state index contributed by atoms with van der Waals surface area (Å²) < 4.78 is 86.9. The molecule has 1 saturated heterocycles. The summed E-state index contributed by atoms with van der Waals surface area (Å²) in [7, 11) is 0. The molecule has 6 nitrogen and oxygen atoms in total. The Balaban J connectivity index is 1.37. The standard InChI is InChI=1S/C30H31F6NO5/c1-26-6-5-17(39)9-20(26)23(32)10-19-18-8-16-13-37(12-15-3-4-22(31)21(7-15)30(34,35)36)42-29(16,25(41)14-38)27(18,2)11-24(40)28(19,26)33/h3-7,9,16,18-19,23-24,38,40H,8,10-14H2,1-2H3/t16-,18-,19-,23-,24-,26-,27-,28-,29-/m0/s1. The number of hydrogen-bond donors (Lipinski definition) is 2. The first-order chi connectivity index (χ1) is 19.5. The Morgan fingerprint density at radius 3 is 2.57 bits per heavy atom. The van der Waals surface area contributed by atoms with Gasteiger partial charge < -0.3 is 10.2 Å². The number of halogens is 6. The van der Waals surface area contributed by atoms with Gasteiger partial charge in [-0.1, -0.05) is 19.1 Å². The molecule has 9 atom stereocenters. The average molecular weight is 600 g/mol. The maximum absolute atomic E-state index is 17.4. The molecular formula is C30H31F6NO5. The lowest BCUT2D eigenvalue weighted by atomic mass is 9.44. The molecule has 0 aromatic heterocycles. The molecule has 6 rings (SSSR count). The summed E-state index contributed by atoms with van der Waals surface area (Å²) in [5.41, 5.74) is -8.42. The van der Waals surface area contributed by atoms with Crippen molar-refractivity contribution in [2.45, 2.75) is 69.4 Å². The van der Waals surface area contributed by atoms with Crippen LogP contribution in [0.2, 0.25) is 0 Å². The lowest BCUT2D eigenvalue weighted by molar-refractivity contribution is -0.269. The SMILES string of the molecule is C[C@]12C=CC(=O)C=C1[C@@H](F)C[C@H]1[C@@H]3C[C@H]4CN(Cc5ccc(F)c(C(F)(F)F)c5)O[C@@]4(C(=O)CO)[C@@]3(C)C[C@H](O)[C@@]12F. The maximum atomic E-state index is 17.4. The number of benzene rings is 1. The zero-order chi connectivity index (χ0) is 30.6. The number of rotatable bonds is 4. The molecule has 42 heavy (non-hydrogen) atoms. The molecule has 1 aromatic rings. The van der Waals surface area contributed by atoms with Crippen LogP contribution in [-0.2, 0) is 27.1 Å². The van der Waals surface area contributed by atoms with Crippen molar-refractivity contribution in [3.8, 4) is 0 Å². The Kier molecular flexibility index (Phi) is 6.49. The van der Waals surface area contributed by atoms with Crippen molar-refractivity contribution >= 4 is 11.6 Å². The van der Waals surface area contributed by atoms with Gasteiger partial charge in [-0.05, 0) is 67.5 Å². The van der Waals surface area contributed by atoms with Gasteiger partial charge in [-0.3, -0.25) is 14.4 Å². The summed E-state index contributed by atoms with van der Waals surface area (Å²) in [4.78, 5) is 31.8. The molecule has 12 heteroatoms. The van der Waals surface area contributed by atoms with Crippen molar-refractivity contribution in [2.24, 2.45) is 28.6 Å². The van der Waals surface area contributed by atoms with Crippen LogP contribution < -0.4 is 0 Å². The fraction of sp³-hybridized carbons (Fsp3) is 0.600. The van der Waals surface area contributed by atoms with Gasteiger partial charge in [0.05, 0.1) is 11.7 Å². The molecule has 1 aliphatic heterocycles. The number of aliphatic hydroxyl groups is 2. The van der Waals surface area contributed by atoms with E-state index in [0.29, 0.717) is 12.1 Å². The zero-order valence-electron chi connectivity index (χ0n) is 22.9. The molecule has 228 valence electrons. The van der Waals surface area contributed by atoms with E-state index >= 15 is 8.78 Å². The van der Waals surface area contributed by atoms with Crippen LogP contribution in [0.4, 0.5) is 26.3 Å². The maximum Gasteiger partial charge on any atom is 0.419 e. The van der Waals surface area contributed by atoms with Gasteiger partial charge in [-0.25, -0.2) is 13.2 Å². The molecule has 0 amide bonds. The van der Waals surface area contributed by atoms with E-state index in [0.717, 1.165) is 6.08 Å². The van der Waals surface area contributed by atoms with E-state index in [1.165, 1.54) is 30.2 Å². The normalized spacial score (nSPS) is 43.0. The number of alkyl halides is 5. The van der Waals surface area contributed by atoms with Crippen molar-refractivity contribution in [1.82, 2.24) is 5.06 Å². The molecule has 4 fully saturated rings. The topological polar surface area (TPSA) is 87.1 Å². The first kappa shape index (κ1) is 29.5. The van der Waals surface area contributed by atoms with Gasteiger partial charge in [-0.15, -0.1) is 0 Å². The highest BCUT2D eigenvalue weighted by atomic mass is 19.4. The van der Waals surface area contributed by atoms with Crippen molar-refractivity contribution in [3.63, 3.8) is 0 Å². The number of fused-ring (bicyclic) bond motifs is 7.